The highest BCUT2D eigenvalue weighted by molar-refractivity contribution is 8.44. The van der Waals surface area contributed by atoms with Gasteiger partial charge in [0.15, 0.2) is 40.5 Å². The number of halogens is 1. The molecular weight excluding hydrogens is 673 g/mol. The summed E-state index contributed by atoms with van der Waals surface area (Å²) < 4.78 is 79.4. The summed E-state index contributed by atoms with van der Waals surface area (Å²) in [6.07, 6.45) is -5.30. The van der Waals surface area contributed by atoms with Crippen LogP contribution in [0.15, 0.2) is 11.1 Å². The van der Waals surface area contributed by atoms with E-state index >= 15 is 4.39 Å². The molecule has 3 aliphatic heterocycles. The molecule has 2 unspecified atom stereocenters. The maximum absolute atomic E-state index is 16.8. The van der Waals surface area contributed by atoms with Gasteiger partial charge in [-0.05, 0) is 0 Å². The lowest BCUT2D eigenvalue weighted by Crippen LogP contribution is -2.45. The standard InChI is InChI=1S/C18H21FN12O9P2S2/c19-18(31-13-9(26-29-31)12(20)22-5-23-13)4-35-8-3-37-41(33,43)39-7-1-6(2-36-42(34,44)40-11(8)18)38-16(7)30-14-10(27-28-30)15(32)25-17(21)24-14/h5-8,11,16H,1-4H2,(H,33,43)(H,34,44)(H2,20,22,23)(H3,21,24,25,32)/t6-,7-,8+,11+,16+,18+,41?,42?/m0/s1. The Morgan fingerprint density at radius 2 is 1.77 bits per heavy atom. The fourth-order valence-electron chi connectivity index (χ4n) is 5.04. The first-order valence-electron chi connectivity index (χ1n) is 12.5. The number of thiol groups is 2. The smallest absolute Gasteiger partial charge is 0.382 e. The van der Waals surface area contributed by atoms with Crippen molar-refractivity contribution in [1.82, 2.24) is 49.9 Å². The summed E-state index contributed by atoms with van der Waals surface area (Å²) in [7, 11) is 0. The molecule has 4 aromatic heterocycles. The average Bonchev–Trinajstić information content (AvgIpc) is 3.72. The Bertz CT molecular complexity index is 1930. The van der Waals surface area contributed by atoms with Gasteiger partial charge in [-0.1, -0.05) is 34.9 Å². The van der Waals surface area contributed by atoms with E-state index in [4.69, 9.17) is 39.0 Å². The third-order valence-corrected chi connectivity index (χ3v) is 10.2. The van der Waals surface area contributed by atoms with Gasteiger partial charge in [0, 0.05) is 6.42 Å². The number of fused-ring (bicyclic) bond motifs is 5. The van der Waals surface area contributed by atoms with Crippen molar-refractivity contribution >= 4 is 72.2 Å². The van der Waals surface area contributed by atoms with E-state index in [1.807, 2.05) is 0 Å². The van der Waals surface area contributed by atoms with Gasteiger partial charge in [-0.25, -0.2) is 23.5 Å². The molecule has 8 atom stereocenters. The average molecular weight is 695 g/mol. The van der Waals surface area contributed by atoms with Gasteiger partial charge < -0.3 is 20.9 Å². The molecule has 3 fully saturated rings. The number of nitrogen functional groups attached to an aromatic ring is 2. The monoisotopic (exact) mass is 694 g/mol. The van der Waals surface area contributed by atoms with Crippen LogP contribution in [-0.4, -0.2) is 94.2 Å². The van der Waals surface area contributed by atoms with E-state index in [0.717, 1.165) is 15.7 Å². The quantitative estimate of drug-likeness (QED) is 0.138. The molecule has 5 N–H and O–H groups in total. The van der Waals surface area contributed by atoms with Gasteiger partial charge in [-0.2, -0.15) is 14.3 Å². The third-order valence-electron chi connectivity index (χ3n) is 6.97. The zero-order valence-corrected chi connectivity index (χ0v) is 25.4. The number of rotatable bonds is 2. The number of hydrogen-bond donors (Lipinski definition) is 5. The van der Waals surface area contributed by atoms with Gasteiger partial charge in [-0.15, -0.1) is 10.2 Å². The third kappa shape index (κ3) is 5.17. The molecule has 0 aromatic carbocycles. The van der Waals surface area contributed by atoms with Gasteiger partial charge in [0.1, 0.15) is 25.1 Å². The van der Waals surface area contributed by atoms with Crippen LogP contribution in [0.4, 0.5) is 16.2 Å². The predicted octanol–water partition coefficient (Wildman–Crippen LogP) is 0.115. The van der Waals surface area contributed by atoms with Gasteiger partial charge >= 0.3 is 13.6 Å². The Hall–Kier alpha value is -2.79. The molecule has 236 valence electrons. The molecule has 26 heteroatoms. The second-order valence-corrected chi connectivity index (χ2v) is 15.6. The fourth-order valence-corrected chi connectivity index (χ4v) is 8.04. The number of H-pyrrole nitrogens is 1. The molecular formula is C18H21FN12O9P2S2. The van der Waals surface area contributed by atoms with Gasteiger partial charge in [0.05, 0.1) is 19.3 Å². The SMILES string of the molecule is Nc1nc2c(nnn2[C@@H]2O[C@@H]3COP(=O)(S)O[C@@H]4[C@@H](COP(=O)(S)O[C@H]2C3)OC[C@@]4(F)n2nnc3c(N)ncnc32)c(=O)[nH]1. The summed E-state index contributed by atoms with van der Waals surface area (Å²) in [6, 6.07) is 0. The lowest BCUT2D eigenvalue weighted by molar-refractivity contribution is -0.0634. The minimum atomic E-state index is -4.39. The predicted molar refractivity (Wildman–Crippen MR) is 150 cm³/mol. The first-order valence-corrected chi connectivity index (χ1v) is 17.9. The largest absolute Gasteiger partial charge is 0.386 e. The van der Waals surface area contributed by atoms with Crippen molar-refractivity contribution in [2.45, 2.75) is 42.9 Å². The lowest BCUT2D eigenvalue weighted by Gasteiger charge is -2.30. The summed E-state index contributed by atoms with van der Waals surface area (Å²) in [4.78, 5) is 26.4. The topological polar surface area (TPSA) is 275 Å². The van der Waals surface area contributed by atoms with Crippen LogP contribution in [0.25, 0.3) is 22.3 Å². The molecule has 0 spiro atoms. The summed E-state index contributed by atoms with van der Waals surface area (Å²) in [5.74, 6) is -2.98. The molecule has 2 bridgehead atoms. The number of ether oxygens (including phenoxy) is 2. The van der Waals surface area contributed by atoms with E-state index < -0.39 is 75.4 Å². The van der Waals surface area contributed by atoms with Crippen LogP contribution in [-0.2, 0) is 42.5 Å². The van der Waals surface area contributed by atoms with Crippen molar-refractivity contribution in [2.24, 2.45) is 0 Å². The molecule has 7 rings (SSSR count). The zero-order valence-electron chi connectivity index (χ0n) is 21.8. The highest BCUT2D eigenvalue weighted by Crippen LogP contribution is 2.60. The van der Waals surface area contributed by atoms with Crippen molar-refractivity contribution < 1.29 is 41.1 Å². The maximum Gasteiger partial charge on any atom is 0.386 e. The molecule has 0 amide bonds. The van der Waals surface area contributed by atoms with Crippen LogP contribution in [0.5, 0.6) is 0 Å². The molecule has 0 saturated carbocycles. The Labute approximate surface area is 253 Å². The van der Waals surface area contributed by atoms with Crippen LogP contribution in [0.1, 0.15) is 12.6 Å². The Morgan fingerprint density at radius 1 is 1.02 bits per heavy atom. The van der Waals surface area contributed by atoms with Crippen LogP contribution in [0, 0.1) is 0 Å². The second kappa shape index (κ2) is 10.6. The molecule has 3 saturated heterocycles. The van der Waals surface area contributed by atoms with Crippen molar-refractivity contribution in [3.05, 3.63) is 16.7 Å². The molecule has 3 aliphatic rings. The minimum Gasteiger partial charge on any atom is -0.382 e. The van der Waals surface area contributed by atoms with Gasteiger partial charge in [0.25, 0.3) is 11.4 Å². The number of nitrogens with one attached hydrogen (secondary N) is 1. The van der Waals surface area contributed by atoms with Crippen molar-refractivity contribution in [2.75, 3.05) is 31.3 Å². The fraction of sp³-hybridized carbons (Fsp3) is 0.556. The number of aromatic amines is 1. The molecule has 0 radical (unpaired) electrons. The van der Waals surface area contributed by atoms with E-state index in [9.17, 15) is 13.9 Å². The summed E-state index contributed by atoms with van der Waals surface area (Å²) in [5, 5.41) is 15.4. The Kier molecular flexibility index (Phi) is 7.23. The summed E-state index contributed by atoms with van der Waals surface area (Å²) in [5.41, 5.74) is 10.5. The maximum atomic E-state index is 16.8. The van der Waals surface area contributed by atoms with Crippen LogP contribution >= 0.6 is 38.1 Å². The molecule has 4 aromatic rings. The number of aromatic nitrogens is 10. The Balaban J connectivity index is 1.21. The molecule has 7 heterocycles. The molecule has 44 heavy (non-hydrogen) atoms. The van der Waals surface area contributed by atoms with Crippen molar-refractivity contribution in [3.8, 4) is 0 Å². The summed E-state index contributed by atoms with van der Waals surface area (Å²) >= 11 is 8.12. The highest BCUT2D eigenvalue weighted by atomic mass is 32.7. The zero-order chi connectivity index (χ0) is 31.0. The number of nitrogens with two attached hydrogens (primary N) is 2. The van der Waals surface area contributed by atoms with Crippen molar-refractivity contribution in [1.29, 1.82) is 0 Å². The van der Waals surface area contributed by atoms with Gasteiger partial charge in [0.2, 0.25) is 5.95 Å². The van der Waals surface area contributed by atoms with E-state index in [1.54, 1.807) is 0 Å². The number of anilines is 2. The number of hydrogen-bond acceptors (Lipinski definition) is 18. The van der Waals surface area contributed by atoms with E-state index in [-0.39, 0.29) is 40.5 Å². The normalized spacial score (nSPS) is 36.6. The number of alkyl halides is 1. The summed E-state index contributed by atoms with van der Waals surface area (Å²) in [6.45, 7) is -10.4. The van der Waals surface area contributed by atoms with E-state index in [0.29, 0.717) is 0 Å². The van der Waals surface area contributed by atoms with Crippen LogP contribution in [0.3, 0.4) is 0 Å². The molecule has 0 aliphatic carbocycles. The molecule has 21 nitrogen and oxygen atoms in total. The number of nitrogens with zero attached hydrogens (tertiary/aromatic N) is 9. The Morgan fingerprint density at radius 3 is 2.59 bits per heavy atom. The first kappa shape index (κ1) is 29.9. The van der Waals surface area contributed by atoms with E-state index in [1.165, 1.54) is 0 Å². The van der Waals surface area contributed by atoms with Crippen LogP contribution < -0.4 is 17.0 Å². The highest BCUT2D eigenvalue weighted by Gasteiger charge is 2.58. The van der Waals surface area contributed by atoms with Crippen LogP contribution in [0.2, 0.25) is 0 Å². The lowest BCUT2D eigenvalue weighted by atomic mass is 10.1. The van der Waals surface area contributed by atoms with E-state index in [2.05, 4.69) is 65.1 Å². The van der Waals surface area contributed by atoms with Gasteiger partial charge in [-0.3, -0.25) is 27.9 Å². The van der Waals surface area contributed by atoms with Crippen molar-refractivity contribution in [3.63, 3.8) is 0 Å². The minimum absolute atomic E-state index is 0.00202. The first-order chi connectivity index (χ1) is 20.8. The second-order valence-electron chi connectivity index (χ2n) is 9.84.